The molecule has 1 aromatic carbocycles. The van der Waals surface area contributed by atoms with E-state index in [1.54, 1.807) is 7.11 Å². The maximum Gasteiger partial charge on any atom is 0.122 e. The first-order valence-corrected chi connectivity index (χ1v) is 6.08. The molecule has 1 saturated heterocycles. The fourth-order valence-electron chi connectivity index (χ4n) is 2.87. The van der Waals surface area contributed by atoms with E-state index in [0.717, 1.165) is 41.0 Å². The normalized spacial score (nSPS) is 24.1. The van der Waals surface area contributed by atoms with Crippen molar-refractivity contribution in [2.75, 3.05) is 20.2 Å². The van der Waals surface area contributed by atoms with Crippen LogP contribution in [0.4, 0.5) is 0 Å². The van der Waals surface area contributed by atoms with Gasteiger partial charge in [0.15, 0.2) is 0 Å². The summed E-state index contributed by atoms with van der Waals surface area (Å²) in [6.45, 7) is 7.67. The zero-order valence-electron chi connectivity index (χ0n) is 11.1. The molecule has 0 amide bonds. The molecule has 3 heteroatoms. The largest absolute Gasteiger partial charge is 0.496 e. The lowest BCUT2D eigenvalue weighted by Gasteiger charge is -2.28. The van der Waals surface area contributed by atoms with Gasteiger partial charge in [0.1, 0.15) is 11.4 Å². The second kappa shape index (κ2) is 4.31. The second-order valence-corrected chi connectivity index (χ2v) is 4.98. The molecule has 0 aromatic heterocycles. The van der Waals surface area contributed by atoms with Gasteiger partial charge in [-0.25, -0.2) is 0 Å². The van der Waals surface area contributed by atoms with Gasteiger partial charge in [0, 0.05) is 6.54 Å². The third-order valence-electron chi connectivity index (χ3n) is 3.87. The maximum absolute atomic E-state index is 10.7. The molecule has 1 heterocycles. The Morgan fingerprint density at radius 1 is 1.29 bits per heavy atom. The van der Waals surface area contributed by atoms with Crippen LogP contribution in [0.25, 0.3) is 0 Å². The van der Waals surface area contributed by atoms with Crippen molar-refractivity contribution in [3.63, 3.8) is 0 Å². The van der Waals surface area contributed by atoms with Crippen LogP contribution in [0.3, 0.4) is 0 Å². The third kappa shape index (κ3) is 1.94. The van der Waals surface area contributed by atoms with Crippen LogP contribution in [0, 0.1) is 20.8 Å². The molecule has 1 atom stereocenters. The maximum atomic E-state index is 10.7. The molecule has 0 bridgehead atoms. The number of hydrogen-bond donors (Lipinski definition) is 2. The minimum atomic E-state index is -0.717. The van der Waals surface area contributed by atoms with Crippen molar-refractivity contribution in [2.45, 2.75) is 32.8 Å². The van der Waals surface area contributed by atoms with Crippen LogP contribution in [0.15, 0.2) is 6.07 Å². The van der Waals surface area contributed by atoms with E-state index in [9.17, 15) is 5.11 Å². The first-order chi connectivity index (χ1) is 7.99. The molecular weight excluding hydrogens is 214 g/mol. The molecule has 1 unspecified atom stereocenters. The summed E-state index contributed by atoms with van der Waals surface area (Å²) in [7, 11) is 1.69. The molecule has 94 valence electrons. The Morgan fingerprint density at radius 2 is 2.00 bits per heavy atom. The van der Waals surface area contributed by atoms with Crippen LogP contribution < -0.4 is 10.1 Å². The Labute approximate surface area is 103 Å². The van der Waals surface area contributed by atoms with Crippen molar-refractivity contribution in [1.82, 2.24) is 5.32 Å². The van der Waals surface area contributed by atoms with Crippen LogP contribution in [-0.2, 0) is 5.60 Å². The number of benzene rings is 1. The number of hydrogen-bond acceptors (Lipinski definition) is 3. The molecule has 1 aromatic rings. The van der Waals surface area contributed by atoms with Crippen LogP contribution >= 0.6 is 0 Å². The SMILES string of the molecule is COc1cc(C)c(C2(O)CCNC2)c(C)c1C. The zero-order valence-corrected chi connectivity index (χ0v) is 11.1. The fourth-order valence-corrected chi connectivity index (χ4v) is 2.87. The van der Waals surface area contributed by atoms with Crippen molar-refractivity contribution in [1.29, 1.82) is 0 Å². The Balaban J connectivity index is 2.58. The van der Waals surface area contributed by atoms with Gasteiger partial charge < -0.3 is 15.2 Å². The summed E-state index contributed by atoms with van der Waals surface area (Å²) in [4.78, 5) is 0. The third-order valence-corrected chi connectivity index (χ3v) is 3.87. The average Bonchev–Trinajstić information content (AvgIpc) is 2.71. The van der Waals surface area contributed by atoms with Gasteiger partial charge in [0.2, 0.25) is 0 Å². The van der Waals surface area contributed by atoms with Gasteiger partial charge in [0.05, 0.1) is 7.11 Å². The van der Waals surface area contributed by atoms with Gasteiger partial charge in [-0.05, 0) is 62.1 Å². The lowest BCUT2D eigenvalue weighted by molar-refractivity contribution is 0.0573. The molecule has 0 aliphatic carbocycles. The lowest BCUT2D eigenvalue weighted by Crippen LogP contribution is -2.30. The summed E-state index contributed by atoms with van der Waals surface area (Å²) < 4.78 is 5.36. The van der Waals surface area contributed by atoms with Crippen molar-refractivity contribution in [3.05, 3.63) is 28.3 Å². The summed E-state index contributed by atoms with van der Waals surface area (Å²) in [6.07, 6.45) is 0.778. The molecule has 0 radical (unpaired) electrons. The van der Waals surface area contributed by atoms with Crippen LogP contribution in [0.2, 0.25) is 0 Å². The topological polar surface area (TPSA) is 41.5 Å². The number of β-amino-alcohol motifs (C(OH)–C–C–N with tert-alkyl or cyclic N) is 1. The van der Waals surface area contributed by atoms with E-state index in [-0.39, 0.29) is 0 Å². The van der Waals surface area contributed by atoms with Crippen LogP contribution in [-0.4, -0.2) is 25.3 Å². The van der Waals surface area contributed by atoms with Gasteiger partial charge >= 0.3 is 0 Å². The number of methoxy groups -OCH3 is 1. The highest BCUT2D eigenvalue weighted by molar-refractivity contribution is 5.50. The predicted molar refractivity (Wildman–Crippen MR) is 68.6 cm³/mol. The molecule has 2 N–H and O–H groups in total. The summed E-state index contributed by atoms with van der Waals surface area (Å²) in [5.41, 5.74) is 3.73. The molecule has 0 spiro atoms. The lowest BCUT2D eigenvalue weighted by atomic mass is 9.84. The van der Waals surface area contributed by atoms with Crippen LogP contribution in [0.1, 0.15) is 28.7 Å². The predicted octanol–water partition coefficient (Wildman–Crippen LogP) is 1.80. The minimum absolute atomic E-state index is 0.639. The summed E-state index contributed by atoms with van der Waals surface area (Å²) in [5.74, 6) is 0.901. The minimum Gasteiger partial charge on any atom is -0.496 e. The Hall–Kier alpha value is -1.06. The Morgan fingerprint density at radius 3 is 2.53 bits per heavy atom. The molecule has 1 aliphatic rings. The number of aryl methyl sites for hydroxylation is 1. The number of ether oxygens (including phenoxy) is 1. The fraction of sp³-hybridized carbons (Fsp3) is 0.571. The van der Waals surface area contributed by atoms with E-state index < -0.39 is 5.60 Å². The Bertz CT molecular complexity index is 434. The van der Waals surface area contributed by atoms with Crippen LogP contribution in [0.5, 0.6) is 5.75 Å². The van der Waals surface area contributed by atoms with Crippen molar-refractivity contribution >= 4 is 0 Å². The average molecular weight is 235 g/mol. The highest BCUT2D eigenvalue weighted by Crippen LogP contribution is 2.37. The molecule has 1 fully saturated rings. The number of rotatable bonds is 2. The molecule has 3 nitrogen and oxygen atoms in total. The number of aliphatic hydroxyl groups is 1. The van der Waals surface area contributed by atoms with E-state index in [1.807, 2.05) is 19.9 Å². The summed E-state index contributed by atoms with van der Waals surface area (Å²) in [6, 6.07) is 2.02. The molecular formula is C14H21NO2. The highest BCUT2D eigenvalue weighted by Gasteiger charge is 2.36. The second-order valence-electron chi connectivity index (χ2n) is 4.98. The molecule has 17 heavy (non-hydrogen) atoms. The van der Waals surface area contributed by atoms with E-state index in [2.05, 4.69) is 12.2 Å². The van der Waals surface area contributed by atoms with E-state index in [1.165, 1.54) is 0 Å². The monoisotopic (exact) mass is 235 g/mol. The van der Waals surface area contributed by atoms with E-state index in [4.69, 9.17) is 4.74 Å². The molecule has 2 rings (SSSR count). The first-order valence-electron chi connectivity index (χ1n) is 6.08. The van der Waals surface area contributed by atoms with E-state index in [0.29, 0.717) is 6.54 Å². The number of nitrogens with one attached hydrogen (secondary N) is 1. The molecule has 1 aliphatic heterocycles. The van der Waals surface area contributed by atoms with Crippen molar-refractivity contribution in [2.24, 2.45) is 0 Å². The Kier molecular flexibility index (Phi) is 3.15. The van der Waals surface area contributed by atoms with Crippen molar-refractivity contribution < 1.29 is 9.84 Å². The van der Waals surface area contributed by atoms with Crippen molar-refractivity contribution in [3.8, 4) is 5.75 Å². The van der Waals surface area contributed by atoms with Gasteiger partial charge in [-0.15, -0.1) is 0 Å². The van der Waals surface area contributed by atoms with Gasteiger partial charge in [-0.2, -0.15) is 0 Å². The van der Waals surface area contributed by atoms with Gasteiger partial charge in [0.25, 0.3) is 0 Å². The summed E-state index contributed by atoms with van der Waals surface area (Å²) in [5, 5.41) is 13.9. The first kappa shape index (κ1) is 12.4. The quantitative estimate of drug-likeness (QED) is 0.821. The smallest absolute Gasteiger partial charge is 0.122 e. The zero-order chi connectivity index (χ0) is 12.6. The summed E-state index contributed by atoms with van der Waals surface area (Å²) >= 11 is 0. The van der Waals surface area contributed by atoms with Gasteiger partial charge in [-0.1, -0.05) is 0 Å². The standard InChI is InChI=1S/C14H21NO2/c1-9-7-12(17-4)10(2)11(3)13(9)14(16)5-6-15-8-14/h7,15-16H,5-6,8H2,1-4H3. The highest BCUT2D eigenvalue weighted by atomic mass is 16.5. The van der Waals surface area contributed by atoms with Gasteiger partial charge in [-0.3, -0.25) is 0 Å². The molecule has 0 saturated carbocycles. The van der Waals surface area contributed by atoms with E-state index >= 15 is 0 Å².